The van der Waals surface area contributed by atoms with Crippen molar-refractivity contribution in [3.8, 4) is 0 Å². The van der Waals surface area contributed by atoms with E-state index in [1.165, 1.54) is 6.92 Å². The van der Waals surface area contributed by atoms with Gasteiger partial charge in [-0.15, -0.1) is 0 Å². The highest BCUT2D eigenvalue weighted by atomic mass is 16.3. The first kappa shape index (κ1) is 16.5. The van der Waals surface area contributed by atoms with E-state index in [-0.39, 0.29) is 30.2 Å². The van der Waals surface area contributed by atoms with E-state index >= 15 is 0 Å². The minimum absolute atomic E-state index is 0.0337. The lowest BCUT2D eigenvalue weighted by Gasteiger charge is -2.35. The van der Waals surface area contributed by atoms with Crippen molar-refractivity contribution < 1.29 is 14.7 Å². The van der Waals surface area contributed by atoms with Crippen LogP contribution in [0.5, 0.6) is 0 Å². The second-order valence-corrected chi connectivity index (χ2v) is 6.04. The number of carbonyl (C=O) groups excluding carboxylic acids is 2. The van der Waals surface area contributed by atoms with E-state index in [2.05, 4.69) is 5.32 Å². The minimum Gasteiger partial charge on any atom is -0.391 e. The standard InChI is InChI=1S/C17H24N2O3/c1-12-8-9-19(11-16(12)21)17(22)10-15(18-13(2)20)14-6-4-3-5-7-14/h3-7,12,15-16,21H,8-11H2,1-2H3,(H,18,20). The maximum atomic E-state index is 12.5. The molecule has 3 unspecified atom stereocenters. The molecule has 1 aliphatic heterocycles. The van der Waals surface area contributed by atoms with Crippen LogP contribution in [0.1, 0.15) is 38.3 Å². The third-order valence-electron chi connectivity index (χ3n) is 4.23. The summed E-state index contributed by atoms with van der Waals surface area (Å²) in [5, 5.41) is 12.8. The molecular formula is C17H24N2O3. The fourth-order valence-corrected chi connectivity index (χ4v) is 2.76. The first-order valence-electron chi connectivity index (χ1n) is 7.75. The first-order chi connectivity index (χ1) is 10.5. The first-order valence-corrected chi connectivity index (χ1v) is 7.75. The normalized spacial score (nSPS) is 23.0. The topological polar surface area (TPSA) is 69.6 Å². The van der Waals surface area contributed by atoms with Crippen molar-refractivity contribution in [2.24, 2.45) is 5.92 Å². The summed E-state index contributed by atoms with van der Waals surface area (Å²) in [7, 11) is 0. The van der Waals surface area contributed by atoms with E-state index in [0.29, 0.717) is 13.1 Å². The van der Waals surface area contributed by atoms with Crippen LogP contribution in [0.4, 0.5) is 0 Å². The average molecular weight is 304 g/mol. The highest BCUT2D eigenvalue weighted by Crippen LogP contribution is 2.21. The molecule has 1 heterocycles. The molecule has 0 aliphatic carbocycles. The van der Waals surface area contributed by atoms with Crippen LogP contribution in [-0.2, 0) is 9.59 Å². The fraction of sp³-hybridized carbons (Fsp3) is 0.529. The Bertz CT molecular complexity index is 518. The third-order valence-corrected chi connectivity index (χ3v) is 4.23. The SMILES string of the molecule is CC(=O)NC(CC(=O)N1CCC(C)C(O)C1)c1ccccc1. The minimum atomic E-state index is -0.464. The summed E-state index contributed by atoms with van der Waals surface area (Å²) in [6.45, 7) is 4.49. The molecule has 1 aromatic rings. The summed E-state index contributed by atoms with van der Waals surface area (Å²) in [5.41, 5.74) is 0.914. The fourth-order valence-electron chi connectivity index (χ4n) is 2.76. The van der Waals surface area contributed by atoms with Gasteiger partial charge in [0.1, 0.15) is 0 Å². The molecule has 0 spiro atoms. The summed E-state index contributed by atoms with van der Waals surface area (Å²) in [6.07, 6.45) is 0.557. The van der Waals surface area contributed by atoms with Gasteiger partial charge in [0.05, 0.1) is 18.6 Å². The number of rotatable bonds is 4. The van der Waals surface area contributed by atoms with Crippen LogP contribution in [0.3, 0.4) is 0 Å². The van der Waals surface area contributed by atoms with Crippen molar-refractivity contribution in [2.45, 2.75) is 38.8 Å². The molecule has 0 saturated carbocycles. The Hall–Kier alpha value is -1.88. The molecule has 5 heteroatoms. The Balaban J connectivity index is 2.04. The summed E-state index contributed by atoms with van der Waals surface area (Å²) < 4.78 is 0. The van der Waals surface area contributed by atoms with Crippen molar-refractivity contribution in [3.05, 3.63) is 35.9 Å². The van der Waals surface area contributed by atoms with E-state index < -0.39 is 6.10 Å². The number of nitrogens with zero attached hydrogens (tertiary/aromatic N) is 1. The molecule has 5 nitrogen and oxygen atoms in total. The van der Waals surface area contributed by atoms with E-state index in [9.17, 15) is 14.7 Å². The van der Waals surface area contributed by atoms with E-state index in [1.54, 1.807) is 4.90 Å². The van der Waals surface area contributed by atoms with Gasteiger partial charge < -0.3 is 15.3 Å². The van der Waals surface area contributed by atoms with Gasteiger partial charge in [-0.25, -0.2) is 0 Å². The molecule has 2 amide bonds. The zero-order valence-corrected chi connectivity index (χ0v) is 13.2. The zero-order valence-electron chi connectivity index (χ0n) is 13.2. The monoisotopic (exact) mass is 304 g/mol. The number of amides is 2. The van der Waals surface area contributed by atoms with Gasteiger partial charge in [-0.3, -0.25) is 9.59 Å². The molecule has 2 N–H and O–H groups in total. The van der Waals surface area contributed by atoms with Crippen LogP contribution >= 0.6 is 0 Å². The maximum absolute atomic E-state index is 12.5. The number of benzene rings is 1. The van der Waals surface area contributed by atoms with E-state index in [1.807, 2.05) is 37.3 Å². The van der Waals surface area contributed by atoms with Crippen LogP contribution in [0.15, 0.2) is 30.3 Å². The van der Waals surface area contributed by atoms with Crippen LogP contribution < -0.4 is 5.32 Å². The van der Waals surface area contributed by atoms with Gasteiger partial charge in [-0.05, 0) is 17.9 Å². The van der Waals surface area contributed by atoms with E-state index in [0.717, 1.165) is 12.0 Å². The van der Waals surface area contributed by atoms with Gasteiger partial charge in [0.15, 0.2) is 0 Å². The third kappa shape index (κ3) is 4.31. The molecule has 22 heavy (non-hydrogen) atoms. The number of likely N-dealkylation sites (tertiary alicyclic amines) is 1. The summed E-state index contributed by atoms with van der Waals surface area (Å²) in [5.74, 6) is 0.0341. The molecular weight excluding hydrogens is 280 g/mol. The number of aliphatic hydroxyl groups is 1. The summed E-state index contributed by atoms with van der Waals surface area (Å²) >= 11 is 0. The lowest BCUT2D eigenvalue weighted by Crippen LogP contribution is -2.46. The number of β-amino-alcohol motifs (C(OH)–C–C–N with tert-alkyl or cyclic N) is 1. The van der Waals surface area contributed by atoms with Crippen molar-refractivity contribution in [2.75, 3.05) is 13.1 Å². The number of carbonyl (C=O) groups is 2. The van der Waals surface area contributed by atoms with Crippen molar-refractivity contribution in [3.63, 3.8) is 0 Å². The molecule has 1 fully saturated rings. The van der Waals surface area contributed by atoms with Crippen LogP contribution in [0, 0.1) is 5.92 Å². The Morgan fingerprint density at radius 3 is 2.64 bits per heavy atom. The van der Waals surface area contributed by atoms with Crippen LogP contribution in [-0.4, -0.2) is 41.0 Å². The molecule has 1 aliphatic rings. The number of hydrogen-bond acceptors (Lipinski definition) is 3. The molecule has 1 saturated heterocycles. The molecule has 2 rings (SSSR count). The van der Waals surface area contributed by atoms with Crippen LogP contribution in [0.2, 0.25) is 0 Å². The Morgan fingerprint density at radius 1 is 1.36 bits per heavy atom. The molecule has 0 aromatic heterocycles. The molecule has 0 radical (unpaired) electrons. The van der Waals surface area contributed by atoms with Crippen LogP contribution in [0.25, 0.3) is 0 Å². The number of nitrogens with one attached hydrogen (secondary N) is 1. The van der Waals surface area contributed by atoms with Gasteiger partial charge in [-0.1, -0.05) is 37.3 Å². The lowest BCUT2D eigenvalue weighted by atomic mass is 9.95. The van der Waals surface area contributed by atoms with Gasteiger partial charge >= 0.3 is 0 Å². The molecule has 1 aromatic carbocycles. The number of hydrogen-bond donors (Lipinski definition) is 2. The van der Waals surface area contributed by atoms with Gasteiger partial charge in [0, 0.05) is 20.0 Å². The highest BCUT2D eigenvalue weighted by molar-refractivity contribution is 5.79. The van der Waals surface area contributed by atoms with Crippen molar-refractivity contribution >= 4 is 11.8 Å². The van der Waals surface area contributed by atoms with Gasteiger partial charge in [-0.2, -0.15) is 0 Å². The smallest absolute Gasteiger partial charge is 0.225 e. The van der Waals surface area contributed by atoms with Crippen molar-refractivity contribution in [1.29, 1.82) is 0 Å². The molecule has 3 atom stereocenters. The van der Waals surface area contributed by atoms with Crippen molar-refractivity contribution in [1.82, 2.24) is 10.2 Å². The maximum Gasteiger partial charge on any atom is 0.225 e. The lowest BCUT2D eigenvalue weighted by molar-refractivity contribution is -0.136. The predicted molar refractivity (Wildman–Crippen MR) is 84.0 cm³/mol. The van der Waals surface area contributed by atoms with E-state index in [4.69, 9.17) is 0 Å². The highest BCUT2D eigenvalue weighted by Gasteiger charge is 2.28. The Labute approximate surface area is 131 Å². The van der Waals surface area contributed by atoms with Gasteiger partial charge in [0.2, 0.25) is 11.8 Å². The predicted octanol–water partition coefficient (Wildman–Crippen LogP) is 1.48. The average Bonchev–Trinajstić information content (AvgIpc) is 2.49. The second-order valence-electron chi connectivity index (χ2n) is 6.04. The largest absolute Gasteiger partial charge is 0.391 e. The quantitative estimate of drug-likeness (QED) is 0.885. The molecule has 120 valence electrons. The Kier molecular flexibility index (Phi) is 5.55. The molecule has 0 bridgehead atoms. The second kappa shape index (κ2) is 7.40. The zero-order chi connectivity index (χ0) is 16.1. The van der Waals surface area contributed by atoms with Gasteiger partial charge in [0.25, 0.3) is 0 Å². The summed E-state index contributed by atoms with van der Waals surface area (Å²) in [4.78, 5) is 25.6. The summed E-state index contributed by atoms with van der Waals surface area (Å²) in [6, 6.07) is 9.16. The Morgan fingerprint density at radius 2 is 2.05 bits per heavy atom. The number of piperidine rings is 1. The number of aliphatic hydroxyl groups excluding tert-OH is 1.